The molecule has 3 heteroatoms. The van der Waals surface area contributed by atoms with Crippen LogP contribution in [0.5, 0.6) is 0 Å². The summed E-state index contributed by atoms with van der Waals surface area (Å²) in [7, 11) is 0. The lowest BCUT2D eigenvalue weighted by Crippen LogP contribution is -2.04. The topological polar surface area (TPSA) is 22.1 Å². The fourth-order valence-electron chi connectivity index (χ4n) is 2.87. The fourth-order valence-corrected chi connectivity index (χ4v) is 3.23. The van der Waals surface area contributed by atoms with E-state index >= 15 is 0 Å². The summed E-state index contributed by atoms with van der Waals surface area (Å²) < 4.78 is 6.96. The number of benzene rings is 1. The Morgan fingerprint density at radius 2 is 2.04 bits per heavy atom. The predicted molar refractivity (Wildman–Crippen MR) is 114 cm³/mol. The molecule has 0 amide bonds. The molecule has 2 nitrogen and oxygen atoms in total. The van der Waals surface area contributed by atoms with E-state index < -0.39 is 0 Å². The molecule has 0 aliphatic heterocycles. The number of pyridine rings is 1. The summed E-state index contributed by atoms with van der Waals surface area (Å²) in [6.07, 6.45) is 7.91. The van der Waals surface area contributed by atoms with Gasteiger partial charge in [0, 0.05) is 21.6 Å². The number of hydrogen-bond donors (Lipinski definition) is 0. The largest absolute Gasteiger partial charge is 0.494 e. The number of halogens is 1. The van der Waals surface area contributed by atoms with E-state index in [1.807, 2.05) is 39.1 Å². The third kappa shape index (κ3) is 5.43. The molecule has 0 N–H and O–H groups in total. The first-order chi connectivity index (χ1) is 12.1. The molecule has 0 bridgehead atoms. The number of allylic oxidation sites excluding steroid dienone is 2. The van der Waals surface area contributed by atoms with Gasteiger partial charge in [0.15, 0.2) is 0 Å². The Kier molecular flexibility index (Phi) is 9.51. The van der Waals surface area contributed by atoms with Crippen molar-refractivity contribution in [1.29, 1.82) is 0 Å². The van der Waals surface area contributed by atoms with E-state index in [-0.39, 0.29) is 0 Å². The smallest absolute Gasteiger partial charge is 0.124 e. The summed E-state index contributed by atoms with van der Waals surface area (Å²) in [6, 6.07) is 6.23. The summed E-state index contributed by atoms with van der Waals surface area (Å²) >= 11 is 3.58. The molecule has 1 heterocycles. The molecule has 2 aromatic rings. The second kappa shape index (κ2) is 11.1. The average molecular weight is 404 g/mol. The van der Waals surface area contributed by atoms with Crippen LogP contribution >= 0.6 is 15.9 Å². The van der Waals surface area contributed by atoms with Gasteiger partial charge in [-0.25, -0.2) is 0 Å². The predicted octanol–water partition coefficient (Wildman–Crippen LogP) is 7.49. The van der Waals surface area contributed by atoms with Gasteiger partial charge in [-0.15, -0.1) is 6.58 Å². The molecule has 136 valence electrons. The van der Waals surface area contributed by atoms with E-state index in [1.54, 1.807) is 0 Å². The highest BCUT2D eigenvalue weighted by Crippen LogP contribution is 2.35. The molecule has 0 saturated heterocycles. The SMILES string of the molecule is C=CCC(C)c1c(/C(=C\CC)OCC)cnc2ccc(Br)cc12.CC. The van der Waals surface area contributed by atoms with E-state index in [4.69, 9.17) is 4.74 Å². The number of fused-ring (bicyclic) bond motifs is 1. The molecule has 0 spiro atoms. The van der Waals surface area contributed by atoms with Crippen LogP contribution in [0, 0.1) is 0 Å². The van der Waals surface area contributed by atoms with E-state index in [9.17, 15) is 0 Å². The Bertz CT molecular complexity index is 721. The Morgan fingerprint density at radius 3 is 2.64 bits per heavy atom. The molecule has 1 aromatic carbocycles. The summed E-state index contributed by atoms with van der Waals surface area (Å²) in [4.78, 5) is 4.64. The van der Waals surface area contributed by atoms with Gasteiger partial charge in [-0.3, -0.25) is 4.98 Å². The Hall–Kier alpha value is -1.61. The van der Waals surface area contributed by atoms with Crippen LogP contribution in [-0.2, 0) is 4.74 Å². The standard InChI is InChI=1S/C20H24BrNO.C2H6/c1-5-8-14(4)20-16-12-15(21)10-11-18(16)22-13-17(20)19(9-6-2)23-7-3;1-2/h5,9-14H,1,6-8H2,2-4H3;1-2H3/b19-9+;. The summed E-state index contributed by atoms with van der Waals surface area (Å²) in [5.74, 6) is 1.28. The highest BCUT2D eigenvalue weighted by Gasteiger charge is 2.18. The maximum Gasteiger partial charge on any atom is 0.124 e. The van der Waals surface area contributed by atoms with Gasteiger partial charge in [0.25, 0.3) is 0 Å². The molecule has 25 heavy (non-hydrogen) atoms. The highest BCUT2D eigenvalue weighted by molar-refractivity contribution is 9.10. The Labute approximate surface area is 161 Å². The Balaban J connectivity index is 0.00000151. The van der Waals surface area contributed by atoms with Crippen LogP contribution in [0.25, 0.3) is 16.7 Å². The van der Waals surface area contributed by atoms with Crippen molar-refractivity contribution < 1.29 is 4.74 Å². The normalized spacial score (nSPS) is 12.3. The zero-order chi connectivity index (χ0) is 18.8. The third-order valence-electron chi connectivity index (χ3n) is 3.84. The minimum Gasteiger partial charge on any atom is -0.494 e. The zero-order valence-corrected chi connectivity index (χ0v) is 17.7. The lowest BCUT2D eigenvalue weighted by atomic mass is 9.89. The first-order valence-corrected chi connectivity index (χ1v) is 9.94. The van der Waals surface area contributed by atoms with Gasteiger partial charge in [0.1, 0.15) is 5.76 Å². The monoisotopic (exact) mass is 403 g/mol. The van der Waals surface area contributed by atoms with E-state index in [0.29, 0.717) is 12.5 Å². The van der Waals surface area contributed by atoms with Crippen molar-refractivity contribution in [3.63, 3.8) is 0 Å². The number of aromatic nitrogens is 1. The fraction of sp³-hybridized carbons (Fsp3) is 0.409. The first kappa shape index (κ1) is 21.4. The number of ether oxygens (including phenoxy) is 1. The third-order valence-corrected chi connectivity index (χ3v) is 4.33. The van der Waals surface area contributed by atoms with Gasteiger partial charge in [0.05, 0.1) is 12.1 Å². The molecule has 0 fully saturated rings. The zero-order valence-electron chi connectivity index (χ0n) is 16.1. The molecule has 2 rings (SSSR count). The molecule has 0 aliphatic carbocycles. The molecule has 0 radical (unpaired) electrons. The molecule has 0 saturated carbocycles. The molecular formula is C22H30BrNO. The van der Waals surface area contributed by atoms with Gasteiger partial charge < -0.3 is 4.74 Å². The summed E-state index contributed by atoms with van der Waals surface area (Å²) in [5, 5.41) is 1.17. The molecule has 1 atom stereocenters. The van der Waals surface area contributed by atoms with Crippen molar-refractivity contribution in [3.05, 3.63) is 58.7 Å². The van der Waals surface area contributed by atoms with Crippen LogP contribution in [0.1, 0.15) is 64.5 Å². The van der Waals surface area contributed by atoms with Gasteiger partial charge in [-0.05, 0) is 55.5 Å². The highest BCUT2D eigenvalue weighted by atomic mass is 79.9. The first-order valence-electron chi connectivity index (χ1n) is 9.14. The van der Waals surface area contributed by atoms with Crippen molar-refractivity contribution in [1.82, 2.24) is 4.98 Å². The van der Waals surface area contributed by atoms with Crippen molar-refractivity contribution in [2.24, 2.45) is 0 Å². The number of nitrogens with zero attached hydrogens (tertiary/aromatic N) is 1. The minimum atomic E-state index is 0.350. The molecule has 1 aromatic heterocycles. The number of hydrogen-bond acceptors (Lipinski definition) is 2. The van der Waals surface area contributed by atoms with E-state index in [0.717, 1.165) is 34.2 Å². The summed E-state index contributed by atoms with van der Waals surface area (Å²) in [5.41, 5.74) is 3.38. The molecular weight excluding hydrogens is 374 g/mol. The second-order valence-electron chi connectivity index (χ2n) is 5.58. The maximum atomic E-state index is 5.90. The van der Waals surface area contributed by atoms with Crippen LogP contribution in [-0.4, -0.2) is 11.6 Å². The average Bonchev–Trinajstić information content (AvgIpc) is 2.62. The minimum absolute atomic E-state index is 0.350. The maximum absolute atomic E-state index is 5.90. The van der Waals surface area contributed by atoms with Gasteiger partial charge in [-0.1, -0.05) is 49.7 Å². The lowest BCUT2D eigenvalue weighted by Gasteiger charge is -2.20. The Morgan fingerprint density at radius 1 is 1.32 bits per heavy atom. The number of rotatable bonds is 7. The van der Waals surface area contributed by atoms with E-state index in [1.165, 1.54) is 10.9 Å². The van der Waals surface area contributed by atoms with Gasteiger partial charge in [0.2, 0.25) is 0 Å². The van der Waals surface area contributed by atoms with Crippen LogP contribution in [0.2, 0.25) is 0 Å². The molecule has 1 unspecified atom stereocenters. The van der Waals surface area contributed by atoms with Crippen molar-refractivity contribution in [2.75, 3.05) is 6.61 Å². The van der Waals surface area contributed by atoms with Crippen LogP contribution in [0.15, 0.2) is 47.6 Å². The molecule has 0 aliphatic rings. The lowest BCUT2D eigenvalue weighted by molar-refractivity contribution is 0.296. The van der Waals surface area contributed by atoms with Gasteiger partial charge in [-0.2, -0.15) is 0 Å². The quantitative estimate of drug-likeness (QED) is 0.352. The van der Waals surface area contributed by atoms with Crippen molar-refractivity contribution in [3.8, 4) is 0 Å². The van der Waals surface area contributed by atoms with Crippen molar-refractivity contribution in [2.45, 2.75) is 53.4 Å². The second-order valence-corrected chi connectivity index (χ2v) is 6.50. The van der Waals surface area contributed by atoms with Crippen molar-refractivity contribution >= 4 is 32.6 Å². The van der Waals surface area contributed by atoms with Crippen LogP contribution in [0.3, 0.4) is 0 Å². The van der Waals surface area contributed by atoms with Crippen LogP contribution in [0.4, 0.5) is 0 Å². The van der Waals surface area contributed by atoms with E-state index in [2.05, 4.69) is 59.5 Å². The summed E-state index contributed by atoms with van der Waals surface area (Å²) in [6.45, 7) is 14.9. The van der Waals surface area contributed by atoms with Crippen LogP contribution < -0.4 is 0 Å². The van der Waals surface area contributed by atoms with Gasteiger partial charge >= 0.3 is 0 Å².